The third-order valence-corrected chi connectivity index (χ3v) is 5.99. The molecule has 7 nitrogen and oxygen atoms in total. The van der Waals surface area contributed by atoms with Crippen molar-refractivity contribution in [2.75, 3.05) is 11.9 Å². The zero-order valence-corrected chi connectivity index (χ0v) is 18.2. The molecular weight excluding hydrogens is 432 g/mol. The third-order valence-electron chi connectivity index (χ3n) is 4.25. The van der Waals surface area contributed by atoms with Crippen LogP contribution in [-0.4, -0.2) is 31.8 Å². The van der Waals surface area contributed by atoms with Crippen LogP contribution in [0.4, 0.5) is 10.9 Å². The van der Waals surface area contributed by atoms with Gasteiger partial charge in [0.2, 0.25) is 0 Å². The number of rotatable bonds is 8. The summed E-state index contributed by atoms with van der Waals surface area (Å²) in [6, 6.07) is 15.6. The van der Waals surface area contributed by atoms with E-state index in [1.807, 2.05) is 55.5 Å². The monoisotopic (exact) mass is 452 g/mol. The molecular formula is C22H20N4O3S2. The molecule has 0 radical (unpaired) electrons. The van der Waals surface area contributed by atoms with Gasteiger partial charge < -0.3 is 20.3 Å². The quantitative estimate of drug-likeness (QED) is 0.345. The number of benzene rings is 1. The standard InChI is InChI=1S/C22H20N4O3S2/c1-14-19(8-5-9-23-14)29-20-10-16(31-15-6-3-2-4-7-15)11-24-21(20)26-22-25-17(13-30-22)18(28)12-27/h2-11,13,18,27-28H,12H2,1H3,(H,24,25,26). The summed E-state index contributed by atoms with van der Waals surface area (Å²) in [6.45, 7) is 1.49. The summed E-state index contributed by atoms with van der Waals surface area (Å²) in [5.74, 6) is 1.64. The number of ether oxygens (including phenoxy) is 1. The maximum Gasteiger partial charge on any atom is 0.188 e. The van der Waals surface area contributed by atoms with E-state index in [-0.39, 0.29) is 6.61 Å². The van der Waals surface area contributed by atoms with E-state index in [0.29, 0.717) is 28.1 Å². The number of thiazole rings is 1. The number of aryl methyl sites for hydroxylation is 1. The Morgan fingerprint density at radius 3 is 2.71 bits per heavy atom. The fraction of sp³-hybridized carbons (Fsp3) is 0.136. The molecule has 3 N–H and O–H groups in total. The van der Waals surface area contributed by atoms with Crippen LogP contribution in [0.25, 0.3) is 0 Å². The highest BCUT2D eigenvalue weighted by atomic mass is 32.2. The van der Waals surface area contributed by atoms with Crippen molar-refractivity contribution in [2.24, 2.45) is 0 Å². The zero-order valence-electron chi connectivity index (χ0n) is 16.6. The molecule has 0 amide bonds. The Morgan fingerprint density at radius 2 is 1.94 bits per heavy atom. The minimum Gasteiger partial charge on any atom is -0.452 e. The molecule has 0 bridgehead atoms. The van der Waals surface area contributed by atoms with Gasteiger partial charge in [0.25, 0.3) is 0 Å². The Kier molecular flexibility index (Phi) is 6.78. The number of anilines is 2. The van der Waals surface area contributed by atoms with Gasteiger partial charge in [-0.05, 0) is 31.2 Å². The largest absolute Gasteiger partial charge is 0.452 e. The van der Waals surface area contributed by atoms with E-state index in [4.69, 9.17) is 9.84 Å². The number of nitrogens with one attached hydrogen (secondary N) is 1. The van der Waals surface area contributed by atoms with E-state index in [1.165, 1.54) is 11.3 Å². The number of hydrogen-bond donors (Lipinski definition) is 3. The van der Waals surface area contributed by atoms with E-state index >= 15 is 0 Å². The average molecular weight is 453 g/mol. The van der Waals surface area contributed by atoms with Crippen molar-refractivity contribution in [3.8, 4) is 11.5 Å². The first kappa shape index (κ1) is 21.3. The van der Waals surface area contributed by atoms with Gasteiger partial charge in [-0.15, -0.1) is 11.3 Å². The number of aromatic nitrogens is 3. The molecule has 9 heteroatoms. The van der Waals surface area contributed by atoms with Crippen molar-refractivity contribution in [3.63, 3.8) is 0 Å². The molecule has 0 aliphatic heterocycles. The number of pyridine rings is 2. The van der Waals surface area contributed by atoms with Crippen LogP contribution in [0.3, 0.4) is 0 Å². The Morgan fingerprint density at radius 1 is 1.10 bits per heavy atom. The van der Waals surface area contributed by atoms with Gasteiger partial charge in [-0.25, -0.2) is 9.97 Å². The van der Waals surface area contributed by atoms with Crippen molar-refractivity contribution in [1.82, 2.24) is 15.0 Å². The Bertz CT molecular complexity index is 1150. The average Bonchev–Trinajstić information content (AvgIpc) is 3.26. The minimum atomic E-state index is -1.02. The van der Waals surface area contributed by atoms with E-state index in [9.17, 15) is 5.11 Å². The lowest BCUT2D eigenvalue weighted by atomic mass is 10.3. The third kappa shape index (κ3) is 5.39. The fourth-order valence-electron chi connectivity index (χ4n) is 2.67. The van der Waals surface area contributed by atoms with Crippen LogP contribution >= 0.6 is 23.1 Å². The van der Waals surface area contributed by atoms with Gasteiger partial charge in [0.1, 0.15) is 11.9 Å². The summed E-state index contributed by atoms with van der Waals surface area (Å²) in [4.78, 5) is 15.2. The number of hydrogen-bond acceptors (Lipinski definition) is 9. The van der Waals surface area contributed by atoms with Gasteiger partial charge in [0.15, 0.2) is 16.7 Å². The van der Waals surface area contributed by atoms with Crippen LogP contribution < -0.4 is 10.1 Å². The van der Waals surface area contributed by atoms with Crippen LogP contribution in [0.5, 0.6) is 11.5 Å². The van der Waals surface area contributed by atoms with Gasteiger partial charge in [-0.1, -0.05) is 30.0 Å². The maximum atomic E-state index is 9.78. The molecule has 0 fully saturated rings. The molecule has 1 atom stereocenters. The summed E-state index contributed by atoms with van der Waals surface area (Å²) < 4.78 is 6.15. The molecule has 0 saturated heterocycles. The first-order chi connectivity index (χ1) is 15.1. The first-order valence-electron chi connectivity index (χ1n) is 9.46. The Labute approximate surface area is 187 Å². The van der Waals surface area contributed by atoms with Crippen LogP contribution in [0.1, 0.15) is 17.5 Å². The highest BCUT2D eigenvalue weighted by Gasteiger charge is 2.15. The lowest BCUT2D eigenvalue weighted by Gasteiger charge is -2.13. The zero-order chi connectivity index (χ0) is 21.6. The van der Waals surface area contributed by atoms with Crippen molar-refractivity contribution in [1.29, 1.82) is 0 Å². The summed E-state index contributed by atoms with van der Waals surface area (Å²) in [5.41, 5.74) is 1.16. The molecule has 3 aromatic heterocycles. The van der Waals surface area contributed by atoms with Crippen molar-refractivity contribution >= 4 is 34.0 Å². The lowest BCUT2D eigenvalue weighted by Crippen LogP contribution is -2.03. The molecule has 31 heavy (non-hydrogen) atoms. The molecule has 3 heterocycles. The molecule has 0 aliphatic rings. The summed E-state index contributed by atoms with van der Waals surface area (Å²) >= 11 is 2.89. The van der Waals surface area contributed by atoms with Gasteiger partial charge in [0, 0.05) is 33.6 Å². The van der Waals surface area contributed by atoms with Crippen molar-refractivity contribution in [3.05, 3.63) is 77.7 Å². The second kappa shape index (κ2) is 9.88. The summed E-state index contributed by atoms with van der Waals surface area (Å²) in [7, 11) is 0. The first-order valence-corrected chi connectivity index (χ1v) is 11.2. The van der Waals surface area contributed by atoms with E-state index < -0.39 is 6.10 Å². The van der Waals surface area contributed by atoms with E-state index in [2.05, 4.69) is 20.3 Å². The summed E-state index contributed by atoms with van der Waals surface area (Å²) in [5, 5.41) is 24.3. The van der Waals surface area contributed by atoms with Crippen molar-refractivity contribution in [2.45, 2.75) is 22.8 Å². The van der Waals surface area contributed by atoms with Crippen molar-refractivity contribution < 1.29 is 14.9 Å². The van der Waals surface area contributed by atoms with E-state index in [0.717, 1.165) is 15.5 Å². The van der Waals surface area contributed by atoms with Crippen LogP contribution in [-0.2, 0) is 0 Å². The Hall–Kier alpha value is -2.98. The maximum absolute atomic E-state index is 9.78. The van der Waals surface area contributed by atoms with Gasteiger partial charge in [-0.3, -0.25) is 4.98 Å². The fourth-order valence-corrected chi connectivity index (χ4v) is 4.26. The topological polar surface area (TPSA) is 100 Å². The molecule has 0 spiro atoms. The molecule has 0 saturated carbocycles. The van der Waals surface area contributed by atoms with Gasteiger partial charge in [-0.2, -0.15) is 0 Å². The predicted molar refractivity (Wildman–Crippen MR) is 121 cm³/mol. The summed E-state index contributed by atoms with van der Waals surface area (Å²) in [6.07, 6.45) is 2.46. The number of aliphatic hydroxyl groups is 2. The molecule has 158 valence electrons. The molecule has 1 unspecified atom stereocenters. The number of nitrogens with zero attached hydrogens (tertiary/aromatic N) is 3. The second-order valence-electron chi connectivity index (χ2n) is 6.52. The molecule has 4 aromatic rings. The lowest BCUT2D eigenvalue weighted by molar-refractivity contribution is 0.0928. The molecule has 0 aliphatic carbocycles. The normalized spacial score (nSPS) is 11.8. The van der Waals surface area contributed by atoms with Gasteiger partial charge >= 0.3 is 0 Å². The predicted octanol–water partition coefficient (Wildman–Crippen LogP) is 4.95. The smallest absolute Gasteiger partial charge is 0.188 e. The minimum absolute atomic E-state index is 0.387. The highest BCUT2D eigenvalue weighted by Crippen LogP contribution is 2.37. The van der Waals surface area contributed by atoms with Crippen LogP contribution in [0.15, 0.2) is 76.1 Å². The van der Waals surface area contributed by atoms with Gasteiger partial charge in [0.05, 0.1) is 18.0 Å². The highest BCUT2D eigenvalue weighted by molar-refractivity contribution is 7.99. The second-order valence-corrected chi connectivity index (χ2v) is 8.53. The molecule has 4 rings (SSSR count). The number of aliphatic hydroxyl groups excluding tert-OH is 2. The van der Waals surface area contributed by atoms with Crippen LogP contribution in [0, 0.1) is 6.92 Å². The SMILES string of the molecule is Cc1ncccc1Oc1cc(Sc2ccccc2)cnc1Nc1nc(C(O)CO)cs1. The van der Waals surface area contributed by atoms with E-state index in [1.54, 1.807) is 29.5 Å². The van der Waals surface area contributed by atoms with Crippen LogP contribution in [0.2, 0.25) is 0 Å². The molecule has 1 aromatic carbocycles. The Balaban J connectivity index is 1.64.